The summed E-state index contributed by atoms with van der Waals surface area (Å²) in [6.07, 6.45) is 4.93. The van der Waals surface area contributed by atoms with Crippen LogP contribution >= 0.6 is 12.2 Å². The first-order chi connectivity index (χ1) is 8.99. The number of benzene rings is 1. The van der Waals surface area contributed by atoms with Gasteiger partial charge in [0.25, 0.3) is 0 Å². The zero-order valence-corrected chi connectivity index (χ0v) is 11.7. The van der Waals surface area contributed by atoms with Crippen LogP contribution < -0.4 is 5.73 Å². The molecule has 0 bridgehead atoms. The molecule has 19 heavy (non-hydrogen) atoms. The molecule has 0 amide bonds. The van der Waals surface area contributed by atoms with Gasteiger partial charge in [-0.1, -0.05) is 24.4 Å². The standard InChI is InChI=1S/C12H13N3O2S2/c13-12(18)10-1-3-11(4-2-10)19(16,17)8-7-15-6-5-14-9-15/h1-6,9H,7-8H2,(H2,13,18). The Kier molecular flexibility index (Phi) is 3.96. The Balaban J connectivity index is 2.13. The molecule has 2 rings (SSSR count). The molecular formula is C12H13N3O2S2. The van der Waals surface area contributed by atoms with E-state index < -0.39 is 9.84 Å². The van der Waals surface area contributed by atoms with Gasteiger partial charge in [-0.25, -0.2) is 13.4 Å². The molecule has 0 aliphatic heterocycles. The molecule has 1 aromatic carbocycles. The lowest BCUT2D eigenvalue weighted by Gasteiger charge is -2.06. The second-order valence-corrected chi connectivity index (χ2v) is 6.56. The molecule has 5 nitrogen and oxygen atoms in total. The Morgan fingerprint density at radius 2 is 2.00 bits per heavy atom. The lowest BCUT2D eigenvalue weighted by molar-refractivity contribution is 0.589. The minimum Gasteiger partial charge on any atom is -0.389 e. The van der Waals surface area contributed by atoms with E-state index in [4.69, 9.17) is 18.0 Å². The zero-order chi connectivity index (χ0) is 13.9. The number of nitrogens with zero attached hydrogens (tertiary/aromatic N) is 2. The zero-order valence-electron chi connectivity index (χ0n) is 10.1. The topological polar surface area (TPSA) is 78.0 Å². The normalized spacial score (nSPS) is 11.4. The maximum absolute atomic E-state index is 12.1. The van der Waals surface area contributed by atoms with Crippen LogP contribution in [-0.2, 0) is 16.4 Å². The van der Waals surface area contributed by atoms with Crippen LogP contribution in [0, 0.1) is 0 Å². The Bertz CT molecular complexity index is 662. The maximum Gasteiger partial charge on any atom is 0.180 e. The molecule has 0 saturated heterocycles. The monoisotopic (exact) mass is 295 g/mol. The van der Waals surface area contributed by atoms with Crippen LogP contribution in [0.3, 0.4) is 0 Å². The Morgan fingerprint density at radius 3 is 2.53 bits per heavy atom. The summed E-state index contributed by atoms with van der Waals surface area (Å²) in [5.74, 6) is 0.0236. The minimum atomic E-state index is -3.31. The van der Waals surface area contributed by atoms with Crippen LogP contribution in [-0.4, -0.2) is 28.7 Å². The first-order valence-corrected chi connectivity index (χ1v) is 7.63. The molecule has 0 spiro atoms. The summed E-state index contributed by atoms with van der Waals surface area (Å²) in [5, 5.41) is 0. The summed E-state index contributed by atoms with van der Waals surface area (Å²) >= 11 is 4.82. The molecule has 0 saturated carbocycles. The van der Waals surface area contributed by atoms with Crippen molar-refractivity contribution in [3.8, 4) is 0 Å². The van der Waals surface area contributed by atoms with Crippen molar-refractivity contribution in [3.05, 3.63) is 48.5 Å². The van der Waals surface area contributed by atoms with Gasteiger partial charge >= 0.3 is 0 Å². The summed E-state index contributed by atoms with van der Waals surface area (Å²) in [6.45, 7) is 0.374. The molecule has 1 aromatic heterocycles. The fourth-order valence-electron chi connectivity index (χ4n) is 1.59. The third-order valence-electron chi connectivity index (χ3n) is 2.68. The summed E-state index contributed by atoms with van der Waals surface area (Å²) < 4.78 is 25.9. The van der Waals surface area contributed by atoms with Gasteiger partial charge in [-0.2, -0.15) is 0 Å². The van der Waals surface area contributed by atoms with Gasteiger partial charge in [-0.3, -0.25) is 0 Å². The van der Waals surface area contributed by atoms with E-state index >= 15 is 0 Å². The molecule has 0 radical (unpaired) electrons. The third kappa shape index (κ3) is 3.39. The van der Waals surface area contributed by atoms with Gasteiger partial charge in [0.2, 0.25) is 0 Å². The molecule has 0 aliphatic carbocycles. The number of imidazole rings is 1. The Hall–Kier alpha value is -1.73. The van der Waals surface area contributed by atoms with Gasteiger partial charge < -0.3 is 10.3 Å². The van der Waals surface area contributed by atoms with E-state index in [9.17, 15) is 8.42 Å². The summed E-state index contributed by atoms with van der Waals surface area (Å²) in [5.41, 5.74) is 6.12. The molecule has 7 heteroatoms. The molecule has 0 fully saturated rings. The quantitative estimate of drug-likeness (QED) is 0.832. The highest BCUT2D eigenvalue weighted by molar-refractivity contribution is 7.91. The van der Waals surface area contributed by atoms with Gasteiger partial charge in [-0.15, -0.1) is 0 Å². The van der Waals surface area contributed by atoms with Gasteiger partial charge in [0.1, 0.15) is 4.99 Å². The second kappa shape index (κ2) is 5.50. The van der Waals surface area contributed by atoms with Crippen LogP contribution in [0.5, 0.6) is 0 Å². The smallest absolute Gasteiger partial charge is 0.180 e. The van der Waals surface area contributed by atoms with Crippen LogP contribution in [0.15, 0.2) is 47.9 Å². The van der Waals surface area contributed by atoms with E-state index in [0.717, 1.165) is 0 Å². The van der Waals surface area contributed by atoms with Gasteiger partial charge in [0.15, 0.2) is 9.84 Å². The van der Waals surface area contributed by atoms with Crippen molar-refractivity contribution >= 4 is 27.0 Å². The lowest BCUT2D eigenvalue weighted by Crippen LogP contribution is -2.13. The molecular weight excluding hydrogens is 282 g/mol. The van der Waals surface area contributed by atoms with Crippen molar-refractivity contribution in [2.24, 2.45) is 5.73 Å². The van der Waals surface area contributed by atoms with Gasteiger partial charge in [-0.05, 0) is 12.1 Å². The summed E-state index contributed by atoms with van der Waals surface area (Å²) in [7, 11) is -3.31. The SMILES string of the molecule is NC(=S)c1ccc(S(=O)(=O)CCn2ccnc2)cc1. The van der Waals surface area contributed by atoms with Crippen molar-refractivity contribution in [3.63, 3.8) is 0 Å². The fourth-order valence-corrected chi connectivity index (χ4v) is 2.96. The predicted molar refractivity (Wildman–Crippen MR) is 76.6 cm³/mol. The minimum absolute atomic E-state index is 0.0236. The van der Waals surface area contributed by atoms with E-state index in [1.54, 1.807) is 35.4 Å². The number of hydrogen-bond donors (Lipinski definition) is 1. The second-order valence-electron chi connectivity index (χ2n) is 4.01. The molecule has 0 atom stereocenters. The average Bonchev–Trinajstić information content (AvgIpc) is 2.90. The Labute approximate surface area is 117 Å². The van der Waals surface area contributed by atoms with E-state index in [0.29, 0.717) is 12.1 Å². The van der Waals surface area contributed by atoms with Crippen molar-refractivity contribution in [1.29, 1.82) is 0 Å². The molecule has 0 unspecified atom stereocenters. The van der Waals surface area contributed by atoms with Crippen LogP contribution in [0.4, 0.5) is 0 Å². The van der Waals surface area contributed by atoms with Gasteiger partial charge in [0, 0.05) is 24.5 Å². The number of rotatable bonds is 5. The molecule has 1 heterocycles. The first-order valence-electron chi connectivity index (χ1n) is 5.57. The Morgan fingerprint density at radius 1 is 1.32 bits per heavy atom. The lowest BCUT2D eigenvalue weighted by atomic mass is 10.2. The molecule has 2 aromatic rings. The van der Waals surface area contributed by atoms with Gasteiger partial charge in [0.05, 0.1) is 17.0 Å². The highest BCUT2D eigenvalue weighted by Crippen LogP contribution is 2.13. The van der Waals surface area contributed by atoms with Crippen molar-refractivity contribution in [2.45, 2.75) is 11.4 Å². The largest absolute Gasteiger partial charge is 0.389 e. The number of sulfone groups is 1. The number of thiocarbonyl (C=S) groups is 1. The fraction of sp³-hybridized carbons (Fsp3) is 0.167. The first kappa shape index (κ1) is 13.7. The van der Waals surface area contributed by atoms with Crippen molar-refractivity contribution in [2.75, 3.05) is 5.75 Å². The highest BCUT2D eigenvalue weighted by Gasteiger charge is 2.14. The number of hydrogen-bond acceptors (Lipinski definition) is 4. The summed E-state index contributed by atoms with van der Waals surface area (Å²) in [4.78, 5) is 4.39. The third-order valence-corrected chi connectivity index (χ3v) is 4.62. The van der Waals surface area contributed by atoms with Crippen molar-refractivity contribution < 1.29 is 8.42 Å². The number of nitrogens with two attached hydrogens (primary N) is 1. The average molecular weight is 295 g/mol. The van der Waals surface area contributed by atoms with E-state index in [2.05, 4.69) is 4.98 Å². The predicted octanol–water partition coefficient (Wildman–Crippen LogP) is 0.991. The number of aryl methyl sites for hydroxylation is 1. The summed E-state index contributed by atoms with van der Waals surface area (Å²) in [6, 6.07) is 6.29. The van der Waals surface area contributed by atoms with Crippen LogP contribution in [0.25, 0.3) is 0 Å². The highest BCUT2D eigenvalue weighted by atomic mass is 32.2. The molecule has 100 valence electrons. The number of aromatic nitrogens is 2. The van der Waals surface area contributed by atoms with Crippen LogP contribution in [0.1, 0.15) is 5.56 Å². The van der Waals surface area contributed by atoms with E-state index in [1.165, 1.54) is 12.1 Å². The molecule has 2 N–H and O–H groups in total. The van der Waals surface area contributed by atoms with Crippen molar-refractivity contribution in [1.82, 2.24) is 9.55 Å². The molecule has 0 aliphatic rings. The van der Waals surface area contributed by atoms with E-state index in [1.807, 2.05) is 0 Å². The van der Waals surface area contributed by atoms with Crippen LogP contribution in [0.2, 0.25) is 0 Å². The maximum atomic E-state index is 12.1. The van der Waals surface area contributed by atoms with E-state index in [-0.39, 0.29) is 15.6 Å².